The lowest BCUT2D eigenvalue weighted by Gasteiger charge is -2.15. The van der Waals surface area contributed by atoms with Crippen molar-refractivity contribution in [3.8, 4) is 6.07 Å². The topological polar surface area (TPSA) is 56.1 Å². The van der Waals surface area contributed by atoms with E-state index >= 15 is 0 Å². The number of carbonyl (C=O) groups is 1. The standard InChI is InChI=1S/C15H14ClN3OS/c1-19(9-12-6-7-14(16)21-12)10-15(20)18-13-5-3-2-4-11(13)8-17/h2-7H,9-10H2,1H3,(H,18,20). The van der Waals surface area contributed by atoms with Crippen LogP contribution in [0.1, 0.15) is 10.4 Å². The van der Waals surface area contributed by atoms with Crippen LogP contribution in [0.2, 0.25) is 4.34 Å². The van der Waals surface area contributed by atoms with Gasteiger partial charge < -0.3 is 5.32 Å². The van der Waals surface area contributed by atoms with E-state index in [9.17, 15) is 4.79 Å². The van der Waals surface area contributed by atoms with Gasteiger partial charge in [-0.1, -0.05) is 23.7 Å². The zero-order valence-electron chi connectivity index (χ0n) is 11.5. The van der Waals surface area contributed by atoms with Gasteiger partial charge in [-0.15, -0.1) is 11.3 Å². The van der Waals surface area contributed by atoms with Gasteiger partial charge in [0, 0.05) is 11.4 Å². The van der Waals surface area contributed by atoms with Gasteiger partial charge in [-0.05, 0) is 31.3 Å². The lowest BCUT2D eigenvalue weighted by atomic mass is 10.2. The molecule has 21 heavy (non-hydrogen) atoms. The summed E-state index contributed by atoms with van der Waals surface area (Å²) in [4.78, 5) is 15.0. The van der Waals surface area contributed by atoms with Gasteiger partial charge in [0.25, 0.3) is 0 Å². The Morgan fingerprint density at radius 1 is 1.38 bits per heavy atom. The van der Waals surface area contributed by atoms with E-state index in [1.165, 1.54) is 11.3 Å². The average Bonchev–Trinajstić information content (AvgIpc) is 2.84. The lowest BCUT2D eigenvalue weighted by molar-refractivity contribution is -0.117. The molecule has 0 aliphatic heterocycles. The number of nitrogens with zero attached hydrogens (tertiary/aromatic N) is 2. The fourth-order valence-corrected chi connectivity index (χ4v) is 3.05. The van der Waals surface area contributed by atoms with Crippen LogP contribution < -0.4 is 5.32 Å². The van der Waals surface area contributed by atoms with Gasteiger partial charge in [-0.2, -0.15) is 5.26 Å². The molecule has 1 aromatic heterocycles. The van der Waals surface area contributed by atoms with Crippen LogP contribution in [0.4, 0.5) is 5.69 Å². The predicted molar refractivity (Wildman–Crippen MR) is 85.4 cm³/mol. The number of amides is 1. The Morgan fingerprint density at radius 2 is 2.14 bits per heavy atom. The average molecular weight is 320 g/mol. The van der Waals surface area contributed by atoms with E-state index in [2.05, 4.69) is 11.4 Å². The quantitative estimate of drug-likeness (QED) is 0.919. The number of benzene rings is 1. The van der Waals surface area contributed by atoms with Crippen molar-refractivity contribution in [2.45, 2.75) is 6.54 Å². The van der Waals surface area contributed by atoms with Crippen LogP contribution in [-0.2, 0) is 11.3 Å². The molecule has 0 atom stereocenters. The molecule has 0 saturated carbocycles. The van der Waals surface area contributed by atoms with Crippen molar-refractivity contribution in [3.63, 3.8) is 0 Å². The maximum absolute atomic E-state index is 12.0. The third-order valence-corrected chi connectivity index (χ3v) is 4.01. The van der Waals surface area contributed by atoms with E-state index in [-0.39, 0.29) is 12.5 Å². The molecule has 2 rings (SSSR count). The first-order chi connectivity index (χ1) is 10.1. The first-order valence-corrected chi connectivity index (χ1v) is 7.49. The summed E-state index contributed by atoms with van der Waals surface area (Å²) < 4.78 is 0.741. The van der Waals surface area contributed by atoms with Crippen molar-refractivity contribution in [2.24, 2.45) is 0 Å². The zero-order chi connectivity index (χ0) is 15.2. The van der Waals surface area contributed by atoms with Crippen molar-refractivity contribution in [3.05, 3.63) is 51.2 Å². The van der Waals surface area contributed by atoms with E-state index < -0.39 is 0 Å². The molecule has 0 saturated heterocycles. The summed E-state index contributed by atoms with van der Waals surface area (Å²) in [6, 6.07) is 12.8. The Morgan fingerprint density at radius 3 is 2.81 bits per heavy atom. The second-order valence-electron chi connectivity index (χ2n) is 4.58. The molecular weight excluding hydrogens is 306 g/mol. The van der Waals surface area contributed by atoms with Crippen LogP contribution >= 0.6 is 22.9 Å². The molecule has 0 fully saturated rings. The monoisotopic (exact) mass is 319 g/mol. The fourth-order valence-electron chi connectivity index (χ4n) is 1.88. The molecule has 0 unspecified atom stereocenters. The molecule has 1 amide bonds. The number of para-hydroxylation sites is 1. The van der Waals surface area contributed by atoms with Crippen LogP contribution in [0.15, 0.2) is 36.4 Å². The van der Waals surface area contributed by atoms with Gasteiger partial charge in [0.2, 0.25) is 5.91 Å². The van der Waals surface area contributed by atoms with E-state index in [0.717, 1.165) is 9.21 Å². The van der Waals surface area contributed by atoms with Crippen LogP contribution in [0.5, 0.6) is 0 Å². The van der Waals surface area contributed by atoms with Crippen molar-refractivity contribution in [2.75, 3.05) is 18.9 Å². The van der Waals surface area contributed by atoms with Gasteiger partial charge in [-0.25, -0.2) is 0 Å². The number of likely N-dealkylation sites (N-methyl/N-ethyl adjacent to an activating group) is 1. The Hall–Kier alpha value is -1.87. The van der Waals surface area contributed by atoms with E-state index in [4.69, 9.17) is 16.9 Å². The normalized spacial score (nSPS) is 10.4. The van der Waals surface area contributed by atoms with Crippen LogP contribution in [0.3, 0.4) is 0 Å². The summed E-state index contributed by atoms with van der Waals surface area (Å²) in [5.74, 6) is -0.150. The van der Waals surface area contributed by atoms with Gasteiger partial charge in [0.15, 0.2) is 0 Å². The number of carbonyl (C=O) groups excluding carboxylic acids is 1. The Kier molecular flexibility index (Phi) is 5.34. The molecule has 0 aliphatic carbocycles. The predicted octanol–water partition coefficient (Wildman–Crippen LogP) is 3.34. The van der Waals surface area contributed by atoms with Gasteiger partial charge in [0.05, 0.1) is 22.1 Å². The fraction of sp³-hybridized carbons (Fsp3) is 0.200. The van der Waals surface area contributed by atoms with Gasteiger partial charge >= 0.3 is 0 Å². The van der Waals surface area contributed by atoms with E-state index in [1.807, 2.05) is 24.1 Å². The number of nitrogens with one attached hydrogen (secondary N) is 1. The highest BCUT2D eigenvalue weighted by molar-refractivity contribution is 7.16. The number of nitriles is 1. The lowest BCUT2D eigenvalue weighted by Crippen LogP contribution is -2.29. The smallest absolute Gasteiger partial charge is 0.238 e. The molecule has 0 bridgehead atoms. The van der Waals surface area contributed by atoms with E-state index in [0.29, 0.717) is 17.8 Å². The first kappa shape index (κ1) is 15.5. The summed E-state index contributed by atoms with van der Waals surface area (Å²) in [7, 11) is 1.86. The van der Waals surface area contributed by atoms with Crippen LogP contribution in [-0.4, -0.2) is 24.4 Å². The molecule has 6 heteroatoms. The minimum Gasteiger partial charge on any atom is -0.324 e. The number of rotatable bonds is 5. The van der Waals surface area contributed by atoms with Crippen molar-refractivity contribution < 1.29 is 4.79 Å². The SMILES string of the molecule is CN(CC(=O)Nc1ccccc1C#N)Cc1ccc(Cl)s1. The summed E-state index contributed by atoms with van der Waals surface area (Å²) in [6.07, 6.45) is 0. The first-order valence-electron chi connectivity index (χ1n) is 6.30. The maximum Gasteiger partial charge on any atom is 0.238 e. The van der Waals surface area contributed by atoms with E-state index in [1.54, 1.807) is 24.3 Å². The Balaban J connectivity index is 1.91. The van der Waals surface area contributed by atoms with Crippen molar-refractivity contribution in [1.29, 1.82) is 5.26 Å². The molecule has 1 aromatic carbocycles. The summed E-state index contributed by atoms with van der Waals surface area (Å²) in [5.41, 5.74) is 0.996. The molecule has 1 N–H and O–H groups in total. The minimum atomic E-state index is -0.150. The third kappa shape index (κ3) is 4.57. The molecule has 108 valence electrons. The number of hydrogen-bond acceptors (Lipinski definition) is 4. The Labute approximate surface area is 132 Å². The molecule has 0 spiro atoms. The summed E-state index contributed by atoms with van der Waals surface area (Å²) in [6.45, 7) is 0.903. The highest BCUT2D eigenvalue weighted by Gasteiger charge is 2.10. The van der Waals surface area contributed by atoms with Gasteiger partial charge in [0.1, 0.15) is 6.07 Å². The molecule has 1 heterocycles. The molecule has 4 nitrogen and oxygen atoms in total. The number of thiophene rings is 1. The maximum atomic E-state index is 12.0. The highest BCUT2D eigenvalue weighted by Crippen LogP contribution is 2.22. The number of anilines is 1. The van der Waals surface area contributed by atoms with Crippen LogP contribution in [0.25, 0.3) is 0 Å². The molecule has 0 aliphatic rings. The number of halogens is 1. The number of hydrogen-bond donors (Lipinski definition) is 1. The van der Waals surface area contributed by atoms with Crippen LogP contribution in [0, 0.1) is 11.3 Å². The molecular formula is C15H14ClN3OS. The molecule has 2 aromatic rings. The third-order valence-electron chi connectivity index (χ3n) is 2.79. The second-order valence-corrected chi connectivity index (χ2v) is 6.38. The highest BCUT2D eigenvalue weighted by atomic mass is 35.5. The Bertz CT molecular complexity index is 678. The molecule has 0 radical (unpaired) electrons. The summed E-state index contributed by atoms with van der Waals surface area (Å²) >= 11 is 7.38. The second kappa shape index (κ2) is 7.23. The minimum absolute atomic E-state index is 0.150. The summed E-state index contributed by atoms with van der Waals surface area (Å²) in [5, 5.41) is 11.7. The van der Waals surface area contributed by atoms with Crippen molar-refractivity contribution in [1.82, 2.24) is 4.90 Å². The van der Waals surface area contributed by atoms with Crippen molar-refractivity contribution >= 4 is 34.5 Å². The largest absolute Gasteiger partial charge is 0.324 e. The zero-order valence-corrected chi connectivity index (χ0v) is 13.0. The van der Waals surface area contributed by atoms with Gasteiger partial charge in [-0.3, -0.25) is 9.69 Å².